The zero-order chi connectivity index (χ0) is 21.2. The van der Waals surface area contributed by atoms with Crippen LogP contribution in [0, 0.1) is 0 Å². The van der Waals surface area contributed by atoms with Crippen LogP contribution in [-0.4, -0.2) is 32.0 Å². The summed E-state index contributed by atoms with van der Waals surface area (Å²) in [7, 11) is 0. The lowest BCUT2D eigenvalue weighted by atomic mass is 10.1. The summed E-state index contributed by atoms with van der Waals surface area (Å²) in [6.45, 7) is 1.65. The van der Waals surface area contributed by atoms with Crippen LogP contribution in [-0.2, 0) is 0 Å². The Morgan fingerprint density at radius 2 is 2.00 bits per heavy atom. The molecule has 12 heteroatoms. The fourth-order valence-electron chi connectivity index (χ4n) is 2.47. The Morgan fingerprint density at radius 3 is 2.66 bits per heavy atom. The smallest absolute Gasteiger partial charge is 0.406 e. The van der Waals surface area contributed by atoms with E-state index in [-0.39, 0.29) is 10.0 Å². The van der Waals surface area contributed by atoms with Gasteiger partial charge in [0.25, 0.3) is 5.91 Å². The van der Waals surface area contributed by atoms with Crippen LogP contribution >= 0.6 is 27.5 Å². The lowest BCUT2D eigenvalue weighted by Crippen LogP contribution is -2.28. The van der Waals surface area contributed by atoms with E-state index in [1.54, 1.807) is 6.92 Å². The van der Waals surface area contributed by atoms with Crippen LogP contribution < -0.4 is 10.1 Å². The van der Waals surface area contributed by atoms with E-state index in [4.69, 9.17) is 11.6 Å². The quantitative estimate of drug-likeness (QED) is 0.571. The van der Waals surface area contributed by atoms with Crippen LogP contribution in [0.25, 0.3) is 5.82 Å². The van der Waals surface area contributed by atoms with Gasteiger partial charge in [0, 0.05) is 22.4 Å². The summed E-state index contributed by atoms with van der Waals surface area (Å²) < 4.78 is 43.0. The van der Waals surface area contributed by atoms with Gasteiger partial charge in [-0.25, -0.2) is 9.67 Å². The minimum absolute atomic E-state index is 0.0296. The van der Waals surface area contributed by atoms with Gasteiger partial charge >= 0.3 is 6.36 Å². The van der Waals surface area contributed by atoms with E-state index >= 15 is 0 Å². The first-order chi connectivity index (χ1) is 13.6. The van der Waals surface area contributed by atoms with Gasteiger partial charge in [0.1, 0.15) is 11.4 Å². The van der Waals surface area contributed by atoms with Crippen molar-refractivity contribution in [3.8, 4) is 11.6 Å². The fraction of sp³-hybridized carbons (Fsp3) is 0.176. The molecule has 0 aliphatic rings. The molecule has 0 spiro atoms. The molecule has 0 bridgehead atoms. The van der Waals surface area contributed by atoms with Gasteiger partial charge in [0.2, 0.25) is 0 Å². The van der Waals surface area contributed by atoms with E-state index in [0.29, 0.717) is 16.5 Å². The molecule has 3 rings (SSSR count). The minimum Gasteiger partial charge on any atom is -0.406 e. The predicted molar refractivity (Wildman–Crippen MR) is 101 cm³/mol. The molecule has 1 N–H and O–H groups in total. The number of rotatable bonds is 5. The molecule has 1 amide bonds. The number of aromatic nitrogens is 4. The van der Waals surface area contributed by atoms with Gasteiger partial charge in [0.05, 0.1) is 23.5 Å². The Bertz CT molecular complexity index is 1040. The van der Waals surface area contributed by atoms with Gasteiger partial charge in [0.15, 0.2) is 5.82 Å². The first-order valence-corrected chi connectivity index (χ1v) is 9.18. The molecule has 2 heterocycles. The Morgan fingerprint density at radius 1 is 1.28 bits per heavy atom. The monoisotopic (exact) mass is 489 g/mol. The molecule has 0 radical (unpaired) electrons. The highest BCUT2D eigenvalue weighted by molar-refractivity contribution is 9.10. The summed E-state index contributed by atoms with van der Waals surface area (Å²) in [5.74, 6) is -0.792. The molecule has 3 aromatic rings. The number of alkyl halides is 3. The van der Waals surface area contributed by atoms with Crippen molar-refractivity contribution in [2.24, 2.45) is 0 Å². The number of hydrogen-bond acceptors (Lipinski definition) is 5. The van der Waals surface area contributed by atoms with Crippen molar-refractivity contribution in [1.29, 1.82) is 0 Å². The second kappa shape index (κ2) is 8.37. The van der Waals surface area contributed by atoms with Crippen molar-refractivity contribution in [3.63, 3.8) is 0 Å². The van der Waals surface area contributed by atoms with Crippen molar-refractivity contribution < 1.29 is 22.7 Å². The number of nitrogens with one attached hydrogen (secondary N) is 1. The largest absolute Gasteiger partial charge is 0.573 e. The van der Waals surface area contributed by atoms with Crippen molar-refractivity contribution in [2.45, 2.75) is 19.3 Å². The highest BCUT2D eigenvalue weighted by atomic mass is 79.9. The zero-order valence-corrected chi connectivity index (χ0v) is 17.0. The van der Waals surface area contributed by atoms with Gasteiger partial charge in [-0.05, 0) is 25.1 Å². The molecular formula is C17H12BrClF3N5O2. The van der Waals surface area contributed by atoms with Crippen molar-refractivity contribution in [3.05, 3.63) is 63.7 Å². The lowest BCUT2D eigenvalue weighted by Gasteiger charge is -2.17. The number of amides is 1. The summed E-state index contributed by atoms with van der Waals surface area (Å²) in [5.41, 5.74) is 0.362. The second-order valence-corrected chi connectivity index (χ2v) is 7.14. The van der Waals surface area contributed by atoms with E-state index in [1.165, 1.54) is 35.5 Å². The number of halogens is 5. The predicted octanol–water partition coefficient (Wildman–Crippen LogP) is 4.47. The van der Waals surface area contributed by atoms with Crippen LogP contribution in [0.2, 0.25) is 5.02 Å². The Kier molecular flexibility index (Phi) is 6.08. The maximum absolute atomic E-state index is 12.6. The molecule has 1 atom stereocenters. The van der Waals surface area contributed by atoms with Crippen LogP contribution in [0.5, 0.6) is 5.75 Å². The molecule has 0 saturated carbocycles. The highest BCUT2D eigenvalue weighted by Gasteiger charge is 2.31. The molecule has 152 valence electrons. The highest BCUT2D eigenvalue weighted by Crippen LogP contribution is 2.28. The molecule has 7 nitrogen and oxygen atoms in total. The van der Waals surface area contributed by atoms with E-state index in [0.717, 1.165) is 12.1 Å². The van der Waals surface area contributed by atoms with E-state index in [1.807, 2.05) is 0 Å². The number of nitrogens with zero attached hydrogens (tertiary/aromatic N) is 4. The van der Waals surface area contributed by atoms with Crippen LogP contribution in [0.3, 0.4) is 0 Å². The Balaban J connectivity index is 1.83. The third kappa shape index (κ3) is 5.45. The first kappa shape index (κ1) is 21.1. The summed E-state index contributed by atoms with van der Waals surface area (Å²) >= 11 is 8.96. The van der Waals surface area contributed by atoms with Crippen molar-refractivity contribution >= 4 is 33.4 Å². The molecule has 1 aromatic carbocycles. The minimum atomic E-state index is -4.87. The van der Waals surface area contributed by atoms with Gasteiger partial charge in [-0.3, -0.25) is 9.78 Å². The Hall–Kier alpha value is -2.66. The number of carbonyl (C=O) groups is 1. The van der Waals surface area contributed by atoms with Gasteiger partial charge < -0.3 is 10.1 Å². The molecular weight excluding hydrogens is 479 g/mol. The van der Waals surface area contributed by atoms with Crippen LogP contribution in [0.1, 0.15) is 29.0 Å². The lowest BCUT2D eigenvalue weighted by molar-refractivity contribution is -0.274. The zero-order valence-electron chi connectivity index (χ0n) is 14.6. The summed E-state index contributed by atoms with van der Waals surface area (Å²) in [4.78, 5) is 21.0. The molecule has 1 unspecified atom stereocenters. The molecule has 0 aliphatic carbocycles. The number of carbonyl (C=O) groups excluding carboxylic acids is 1. The average Bonchev–Trinajstić information content (AvgIpc) is 3.06. The summed E-state index contributed by atoms with van der Waals surface area (Å²) in [5, 5.41) is 7.13. The Labute approximate surface area is 176 Å². The standard InChI is InChI=1S/C17H12BrClF3N5O2/c1-9(14-15(24-3-2-23-14)27-8-12(19)7-25-27)26-16(28)10-4-11(18)6-13(5-10)29-17(20,21)22/h2-9H,1H3,(H,26,28). The molecule has 0 aliphatic heterocycles. The van der Waals surface area contributed by atoms with Crippen LogP contribution in [0.15, 0.2) is 47.5 Å². The van der Waals surface area contributed by atoms with Crippen molar-refractivity contribution in [2.75, 3.05) is 0 Å². The SMILES string of the molecule is CC(NC(=O)c1cc(Br)cc(OC(F)(F)F)c1)c1nccnc1-n1cc(Cl)cn1. The maximum atomic E-state index is 12.6. The van der Waals surface area contributed by atoms with Gasteiger partial charge in [-0.15, -0.1) is 13.2 Å². The van der Waals surface area contributed by atoms with Gasteiger partial charge in [-0.2, -0.15) is 5.10 Å². The fourth-order valence-corrected chi connectivity index (χ4v) is 3.08. The van der Waals surface area contributed by atoms with E-state index in [9.17, 15) is 18.0 Å². The maximum Gasteiger partial charge on any atom is 0.573 e. The third-order valence-electron chi connectivity index (χ3n) is 3.60. The second-order valence-electron chi connectivity index (χ2n) is 5.79. The first-order valence-electron chi connectivity index (χ1n) is 8.01. The topological polar surface area (TPSA) is 81.9 Å². The number of ether oxygens (including phenoxy) is 1. The van der Waals surface area contributed by atoms with Crippen LogP contribution in [0.4, 0.5) is 13.2 Å². The van der Waals surface area contributed by atoms with E-state index < -0.39 is 24.1 Å². The summed E-state index contributed by atoms with van der Waals surface area (Å²) in [6.07, 6.45) is 0.978. The van der Waals surface area contributed by atoms with Gasteiger partial charge in [-0.1, -0.05) is 27.5 Å². The van der Waals surface area contributed by atoms with Crippen molar-refractivity contribution in [1.82, 2.24) is 25.1 Å². The number of benzene rings is 1. The summed E-state index contributed by atoms with van der Waals surface area (Å²) in [6, 6.07) is 2.83. The molecule has 2 aromatic heterocycles. The molecule has 0 saturated heterocycles. The normalized spacial score (nSPS) is 12.5. The molecule has 29 heavy (non-hydrogen) atoms. The van der Waals surface area contributed by atoms with E-state index in [2.05, 4.69) is 41.1 Å². The molecule has 0 fully saturated rings. The number of hydrogen-bond donors (Lipinski definition) is 1. The third-order valence-corrected chi connectivity index (χ3v) is 4.25. The average molecular weight is 491 g/mol.